The summed E-state index contributed by atoms with van der Waals surface area (Å²) >= 11 is 0. The van der Waals surface area contributed by atoms with Gasteiger partial charge >= 0.3 is 0 Å². The molecule has 1 aromatic heterocycles. The Labute approximate surface area is 143 Å². The van der Waals surface area contributed by atoms with Gasteiger partial charge in [-0.3, -0.25) is 10.1 Å². The monoisotopic (exact) mass is 338 g/mol. The molecule has 0 radical (unpaired) electrons. The molecule has 0 bridgehead atoms. The molecule has 1 aliphatic heterocycles. The number of nitro benzene ring substituents is 1. The lowest BCUT2D eigenvalue weighted by atomic mass is 10.1. The third-order valence-corrected chi connectivity index (χ3v) is 4.35. The predicted molar refractivity (Wildman–Crippen MR) is 91.6 cm³/mol. The minimum Gasteiger partial charge on any atom is -0.369 e. The summed E-state index contributed by atoms with van der Waals surface area (Å²) in [6.45, 7) is 0.796. The van der Waals surface area contributed by atoms with Crippen LogP contribution >= 0.6 is 0 Å². The maximum atomic E-state index is 14.0. The van der Waals surface area contributed by atoms with Crippen LogP contribution in [-0.4, -0.2) is 21.2 Å². The summed E-state index contributed by atoms with van der Waals surface area (Å²) in [6, 6.07) is 12.9. The molecule has 6 nitrogen and oxygen atoms in total. The first-order valence-electron chi connectivity index (χ1n) is 7.96. The van der Waals surface area contributed by atoms with Crippen molar-refractivity contribution in [3.63, 3.8) is 0 Å². The maximum absolute atomic E-state index is 14.0. The number of benzene rings is 2. The number of nitrogens with zero attached hydrogens (tertiary/aromatic N) is 3. The number of hydrogen-bond acceptors (Lipinski definition) is 4. The van der Waals surface area contributed by atoms with Crippen molar-refractivity contribution >= 4 is 11.5 Å². The molecule has 1 N–H and O–H groups in total. The second-order valence-electron chi connectivity index (χ2n) is 5.90. The summed E-state index contributed by atoms with van der Waals surface area (Å²) in [5, 5.41) is 18.7. The Kier molecular flexibility index (Phi) is 3.68. The van der Waals surface area contributed by atoms with Crippen molar-refractivity contribution in [3.8, 4) is 5.69 Å². The highest BCUT2D eigenvalue weighted by molar-refractivity contribution is 5.58. The van der Waals surface area contributed by atoms with Gasteiger partial charge in [-0.05, 0) is 30.2 Å². The quantitative estimate of drug-likeness (QED) is 0.584. The average Bonchev–Trinajstić information content (AvgIpc) is 3.21. The third kappa shape index (κ3) is 2.73. The summed E-state index contributed by atoms with van der Waals surface area (Å²) in [5.41, 5.74) is 3.26. The Balaban J connectivity index is 1.73. The van der Waals surface area contributed by atoms with Crippen LogP contribution in [0.5, 0.6) is 0 Å². The van der Waals surface area contributed by atoms with Crippen molar-refractivity contribution in [2.24, 2.45) is 0 Å². The number of aromatic nitrogens is 2. The van der Waals surface area contributed by atoms with E-state index in [1.54, 1.807) is 28.9 Å². The number of nitro groups is 1. The molecule has 0 saturated heterocycles. The molecule has 2 heterocycles. The minimum absolute atomic E-state index is 0.0343. The van der Waals surface area contributed by atoms with Crippen LogP contribution in [0.3, 0.4) is 0 Å². The van der Waals surface area contributed by atoms with Gasteiger partial charge in [-0.25, -0.2) is 9.07 Å². The standard InChI is InChI=1S/C18H15FN4O2/c19-16-4-2-1-3-12(16)11-17-15-9-10-20-18(15)22(21-17)13-5-7-14(8-6-13)23(24)25/h1-8,20H,9-11H2. The van der Waals surface area contributed by atoms with Gasteiger partial charge in [0.2, 0.25) is 0 Å². The number of anilines is 1. The van der Waals surface area contributed by atoms with E-state index < -0.39 is 4.92 Å². The second kappa shape index (κ2) is 6.01. The highest BCUT2D eigenvalue weighted by Crippen LogP contribution is 2.30. The van der Waals surface area contributed by atoms with Gasteiger partial charge in [0.05, 0.1) is 16.3 Å². The first-order chi connectivity index (χ1) is 12.1. The Morgan fingerprint density at radius 3 is 2.68 bits per heavy atom. The molecular weight excluding hydrogens is 323 g/mol. The SMILES string of the molecule is O=[N+]([O-])c1ccc(-n2nc(Cc3ccccc3F)c3c2NCC3)cc1. The lowest BCUT2D eigenvalue weighted by Gasteiger charge is -2.06. The Bertz CT molecular complexity index is 950. The van der Waals surface area contributed by atoms with Gasteiger partial charge in [-0.15, -0.1) is 0 Å². The molecule has 0 saturated carbocycles. The van der Waals surface area contributed by atoms with Crippen LogP contribution in [-0.2, 0) is 12.8 Å². The van der Waals surface area contributed by atoms with Gasteiger partial charge in [0, 0.05) is 30.7 Å². The molecule has 3 aromatic rings. The van der Waals surface area contributed by atoms with Crippen molar-refractivity contribution in [2.45, 2.75) is 12.8 Å². The minimum atomic E-state index is -0.431. The first kappa shape index (κ1) is 15.3. The highest BCUT2D eigenvalue weighted by Gasteiger charge is 2.23. The van der Waals surface area contributed by atoms with E-state index in [4.69, 9.17) is 0 Å². The molecule has 4 rings (SSSR count). The van der Waals surface area contributed by atoms with Crippen LogP contribution in [0.1, 0.15) is 16.8 Å². The lowest BCUT2D eigenvalue weighted by Crippen LogP contribution is -2.05. The van der Waals surface area contributed by atoms with Gasteiger partial charge in [0.25, 0.3) is 5.69 Å². The topological polar surface area (TPSA) is 73.0 Å². The fourth-order valence-corrected chi connectivity index (χ4v) is 3.11. The Morgan fingerprint density at radius 1 is 1.20 bits per heavy atom. The van der Waals surface area contributed by atoms with E-state index >= 15 is 0 Å². The Hall–Kier alpha value is -3.22. The lowest BCUT2D eigenvalue weighted by molar-refractivity contribution is -0.384. The molecular formula is C18H15FN4O2. The molecule has 0 aliphatic carbocycles. The zero-order valence-corrected chi connectivity index (χ0v) is 13.3. The molecule has 126 valence electrons. The Morgan fingerprint density at radius 2 is 1.96 bits per heavy atom. The number of fused-ring (bicyclic) bond motifs is 1. The highest BCUT2D eigenvalue weighted by atomic mass is 19.1. The van der Waals surface area contributed by atoms with Crippen molar-refractivity contribution in [1.82, 2.24) is 9.78 Å². The molecule has 2 aromatic carbocycles. The van der Waals surface area contributed by atoms with Gasteiger partial charge in [0.1, 0.15) is 11.6 Å². The predicted octanol–water partition coefficient (Wildman–Crippen LogP) is 3.48. The summed E-state index contributed by atoms with van der Waals surface area (Å²) in [6.07, 6.45) is 1.24. The zero-order valence-electron chi connectivity index (χ0n) is 13.3. The molecule has 0 spiro atoms. The molecule has 0 amide bonds. The van der Waals surface area contributed by atoms with Gasteiger partial charge in [-0.2, -0.15) is 5.10 Å². The van der Waals surface area contributed by atoms with Crippen LogP contribution < -0.4 is 5.32 Å². The second-order valence-corrected chi connectivity index (χ2v) is 5.90. The maximum Gasteiger partial charge on any atom is 0.269 e. The van der Waals surface area contributed by atoms with Crippen LogP contribution in [0.15, 0.2) is 48.5 Å². The fraction of sp³-hybridized carbons (Fsp3) is 0.167. The van der Waals surface area contributed by atoms with Crippen LogP contribution in [0.2, 0.25) is 0 Å². The molecule has 0 unspecified atom stereocenters. The van der Waals surface area contributed by atoms with Gasteiger partial charge in [-0.1, -0.05) is 18.2 Å². The number of rotatable bonds is 4. The molecule has 0 atom stereocenters. The molecule has 7 heteroatoms. The van der Waals surface area contributed by atoms with Crippen LogP contribution in [0.4, 0.5) is 15.9 Å². The van der Waals surface area contributed by atoms with E-state index in [-0.39, 0.29) is 11.5 Å². The summed E-state index contributed by atoms with van der Waals surface area (Å²) in [5.74, 6) is 0.632. The van der Waals surface area contributed by atoms with E-state index in [2.05, 4.69) is 10.4 Å². The molecule has 25 heavy (non-hydrogen) atoms. The van der Waals surface area contributed by atoms with E-state index in [0.717, 1.165) is 35.7 Å². The number of non-ortho nitro benzene ring substituents is 1. The van der Waals surface area contributed by atoms with Crippen molar-refractivity contribution in [3.05, 3.63) is 81.3 Å². The van der Waals surface area contributed by atoms with E-state index in [0.29, 0.717) is 12.0 Å². The van der Waals surface area contributed by atoms with Crippen molar-refractivity contribution in [2.75, 3.05) is 11.9 Å². The van der Waals surface area contributed by atoms with Gasteiger partial charge in [0.15, 0.2) is 0 Å². The summed E-state index contributed by atoms with van der Waals surface area (Å²) in [4.78, 5) is 10.4. The third-order valence-electron chi connectivity index (χ3n) is 4.35. The van der Waals surface area contributed by atoms with Crippen molar-refractivity contribution in [1.29, 1.82) is 0 Å². The van der Waals surface area contributed by atoms with E-state index in [9.17, 15) is 14.5 Å². The smallest absolute Gasteiger partial charge is 0.269 e. The van der Waals surface area contributed by atoms with E-state index in [1.807, 2.05) is 6.07 Å². The van der Waals surface area contributed by atoms with Crippen LogP contribution in [0.25, 0.3) is 5.69 Å². The molecule has 0 fully saturated rings. The number of hydrogen-bond donors (Lipinski definition) is 1. The fourth-order valence-electron chi connectivity index (χ4n) is 3.11. The van der Waals surface area contributed by atoms with Gasteiger partial charge < -0.3 is 5.32 Å². The first-order valence-corrected chi connectivity index (χ1v) is 7.96. The van der Waals surface area contributed by atoms with E-state index in [1.165, 1.54) is 18.2 Å². The largest absolute Gasteiger partial charge is 0.369 e. The number of nitrogens with one attached hydrogen (secondary N) is 1. The van der Waals surface area contributed by atoms with Crippen molar-refractivity contribution < 1.29 is 9.31 Å². The zero-order chi connectivity index (χ0) is 17.4. The average molecular weight is 338 g/mol. The number of halogens is 1. The summed E-state index contributed by atoms with van der Waals surface area (Å²) in [7, 11) is 0. The van der Waals surface area contributed by atoms with Crippen LogP contribution in [0, 0.1) is 15.9 Å². The summed E-state index contributed by atoms with van der Waals surface area (Å²) < 4.78 is 15.7. The molecule has 1 aliphatic rings. The normalized spacial score (nSPS) is 12.7.